The van der Waals surface area contributed by atoms with Gasteiger partial charge in [-0.1, -0.05) is 25.4 Å². The number of aliphatic hydroxyl groups is 1. The van der Waals surface area contributed by atoms with E-state index in [-0.39, 0.29) is 27.9 Å². The Bertz CT molecular complexity index is 531. The molecule has 0 bridgehead atoms. The van der Waals surface area contributed by atoms with Crippen LogP contribution in [-0.4, -0.2) is 33.7 Å². The van der Waals surface area contributed by atoms with Crippen LogP contribution in [0.4, 0.5) is 18.9 Å². The zero-order valence-electron chi connectivity index (χ0n) is 11.6. The van der Waals surface area contributed by atoms with Gasteiger partial charge < -0.3 is 10.4 Å². The Hall–Kier alpha value is -1.28. The number of hydrogen-bond donors (Lipinski definition) is 2. The maximum atomic E-state index is 12.2. The first kappa shape index (κ1) is 17.8. The second kappa shape index (κ2) is 7.13. The first-order valence-corrected chi connectivity index (χ1v) is 6.72. The van der Waals surface area contributed by atoms with Gasteiger partial charge in [0.05, 0.1) is 18.0 Å². The number of nitrogens with one attached hydrogen (secondary N) is 1. The number of aromatic nitrogens is 2. The fraction of sp³-hybridized carbons (Fsp3) is 0.667. The van der Waals surface area contributed by atoms with Gasteiger partial charge in [0.1, 0.15) is 11.6 Å². The van der Waals surface area contributed by atoms with Crippen molar-refractivity contribution in [2.24, 2.45) is 5.92 Å². The summed E-state index contributed by atoms with van der Waals surface area (Å²) < 4.78 is 37.0. The minimum atomic E-state index is -4.55. The van der Waals surface area contributed by atoms with Gasteiger partial charge in [-0.25, -0.2) is 4.68 Å². The largest absolute Gasteiger partial charge is 0.408 e. The third-order valence-corrected chi connectivity index (χ3v) is 2.95. The first-order valence-electron chi connectivity index (χ1n) is 6.34. The molecule has 0 saturated heterocycles. The molecule has 120 valence electrons. The fourth-order valence-corrected chi connectivity index (χ4v) is 1.94. The summed E-state index contributed by atoms with van der Waals surface area (Å²) in [6.07, 6.45) is -3.62. The van der Waals surface area contributed by atoms with E-state index < -0.39 is 24.4 Å². The van der Waals surface area contributed by atoms with E-state index in [1.165, 1.54) is 0 Å². The summed E-state index contributed by atoms with van der Waals surface area (Å²) in [4.78, 5) is 11.7. The van der Waals surface area contributed by atoms with Crippen molar-refractivity contribution < 1.29 is 18.3 Å². The van der Waals surface area contributed by atoms with Crippen LogP contribution in [0.2, 0.25) is 5.02 Å². The molecule has 1 atom stereocenters. The fourth-order valence-electron chi connectivity index (χ4n) is 1.73. The number of anilines is 1. The molecule has 5 nitrogen and oxygen atoms in total. The molecule has 21 heavy (non-hydrogen) atoms. The summed E-state index contributed by atoms with van der Waals surface area (Å²) in [5.74, 6) is 0.287. The highest BCUT2D eigenvalue weighted by Gasteiger charge is 2.29. The van der Waals surface area contributed by atoms with Crippen molar-refractivity contribution in [3.8, 4) is 0 Å². The van der Waals surface area contributed by atoms with Gasteiger partial charge in [0.2, 0.25) is 0 Å². The van der Waals surface area contributed by atoms with Gasteiger partial charge in [-0.05, 0) is 12.3 Å². The van der Waals surface area contributed by atoms with E-state index in [0.717, 1.165) is 6.20 Å². The van der Waals surface area contributed by atoms with Crippen LogP contribution in [0.1, 0.15) is 20.3 Å². The van der Waals surface area contributed by atoms with Crippen molar-refractivity contribution in [2.75, 3.05) is 11.9 Å². The molecule has 0 spiro atoms. The van der Waals surface area contributed by atoms with Crippen LogP contribution in [0.15, 0.2) is 11.0 Å². The SMILES string of the molecule is CC(C)CC(O)CNc1cnn(CC(F)(F)F)c(=O)c1Cl. The smallest absolute Gasteiger partial charge is 0.391 e. The van der Waals surface area contributed by atoms with E-state index in [1.807, 2.05) is 13.8 Å². The molecule has 0 amide bonds. The number of hydrogen-bond acceptors (Lipinski definition) is 4. The number of halogens is 4. The van der Waals surface area contributed by atoms with E-state index in [2.05, 4.69) is 10.4 Å². The summed E-state index contributed by atoms with van der Waals surface area (Å²) in [5.41, 5.74) is -0.930. The van der Waals surface area contributed by atoms with Crippen LogP contribution in [0.25, 0.3) is 0 Å². The molecule has 9 heteroatoms. The third-order valence-electron chi connectivity index (χ3n) is 2.59. The summed E-state index contributed by atoms with van der Waals surface area (Å²) in [5, 5.41) is 15.4. The Morgan fingerprint density at radius 3 is 2.62 bits per heavy atom. The zero-order valence-corrected chi connectivity index (χ0v) is 12.4. The Labute approximate surface area is 124 Å². The average Bonchev–Trinajstić information content (AvgIpc) is 2.32. The summed E-state index contributed by atoms with van der Waals surface area (Å²) in [6, 6.07) is 0. The van der Waals surface area contributed by atoms with Gasteiger partial charge in [-0.3, -0.25) is 4.79 Å². The van der Waals surface area contributed by atoms with Crippen LogP contribution in [-0.2, 0) is 6.54 Å². The molecule has 1 aromatic rings. The maximum absolute atomic E-state index is 12.2. The minimum Gasteiger partial charge on any atom is -0.391 e. The Morgan fingerprint density at radius 1 is 1.48 bits per heavy atom. The Kier molecular flexibility index (Phi) is 6.03. The number of rotatable bonds is 6. The minimum absolute atomic E-state index is 0.0999. The molecular formula is C12H17ClF3N3O2. The monoisotopic (exact) mass is 327 g/mol. The van der Waals surface area contributed by atoms with Crippen LogP contribution in [0.5, 0.6) is 0 Å². The van der Waals surface area contributed by atoms with Crippen LogP contribution in [0, 0.1) is 5.92 Å². The number of nitrogens with zero attached hydrogens (tertiary/aromatic N) is 2. The van der Waals surface area contributed by atoms with E-state index >= 15 is 0 Å². The van der Waals surface area contributed by atoms with Crippen molar-refractivity contribution in [2.45, 2.75) is 39.1 Å². The van der Waals surface area contributed by atoms with Gasteiger partial charge in [0, 0.05) is 6.54 Å². The van der Waals surface area contributed by atoms with E-state index in [1.54, 1.807) is 0 Å². The quantitative estimate of drug-likeness (QED) is 0.841. The van der Waals surface area contributed by atoms with Gasteiger partial charge in [0.25, 0.3) is 5.56 Å². The second-order valence-electron chi connectivity index (χ2n) is 5.11. The number of alkyl halides is 3. The molecule has 1 rings (SSSR count). The summed E-state index contributed by atoms with van der Waals surface area (Å²) >= 11 is 5.73. The molecular weight excluding hydrogens is 311 g/mol. The van der Waals surface area contributed by atoms with Gasteiger partial charge in [0.15, 0.2) is 0 Å². The normalized spacial score (nSPS) is 13.5. The van der Waals surface area contributed by atoms with Crippen LogP contribution < -0.4 is 10.9 Å². The lowest BCUT2D eigenvalue weighted by atomic mass is 10.1. The molecule has 0 aromatic carbocycles. The molecule has 0 aliphatic carbocycles. The maximum Gasteiger partial charge on any atom is 0.408 e. The molecule has 2 N–H and O–H groups in total. The van der Waals surface area contributed by atoms with E-state index in [9.17, 15) is 23.1 Å². The highest BCUT2D eigenvalue weighted by Crippen LogP contribution is 2.19. The standard InChI is InChI=1S/C12H17ClF3N3O2/c1-7(2)3-8(20)4-17-9-5-18-19(6-12(14,15)16)11(21)10(9)13/h5,7-8,17,20H,3-4,6H2,1-2H3. The van der Waals surface area contributed by atoms with Crippen molar-refractivity contribution in [1.82, 2.24) is 9.78 Å². The summed E-state index contributed by atoms with van der Waals surface area (Å²) in [7, 11) is 0. The highest BCUT2D eigenvalue weighted by atomic mass is 35.5. The Balaban J connectivity index is 2.78. The molecule has 0 saturated carbocycles. The van der Waals surface area contributed by atoms with Crippen LogP contribution >= 0.6 is 11.6 Å². The highest BCUT2D eigenvalue weighted by molar-refractivity contribution is 6.32. The van der Waals surface area contributed by atoms with Crippen molar-refractivity contribution >= 4 is 17.3 Å². The predicted octanol–water partition coefficient (Wildman–Crippen LogP) is 2.28. The van der Waals surface area contributed by atoms with Gasteiger partial charge in [-0.2, -0.15) is 18.3 Å². The lowest BCUT2D eigenvalue weighted by molar-refractivity contribution is -0.143. The third kappa shape index (κ3) is 5.92. The molecule has 1 heterocycles. The first-order chi connectivity index (χ1) is 9.60. The molecule has 1 aromatic heterocycles. The van der Waals surface area contributed by atoms with Crippen molar-refractivity contribution in [1.29, 1.82) is 0 Å². The lowest BCUT2D eigenvalue weighted by Crippen LogP contribution is -2.31. The molecule has 0 fully saturated rings. The molecule has 0 aliphatic rings. The van der Waals surface area contributed by atoms with Gasteiger partial charge in [-0.15, -0.1) is 0 Å². The van der Waals surface area contributed by atoms with Crippen LogP contribution in [0.3, 0.4) is 0 Å². The zero-order chi connectivity index (χ0) is 16.2. The van der Waals surface area contributed by atoms with Crippen molar-refractivity contribution in [3.63, 3.8) is 0 Å². The molecule has 0 radical (unpaired) electrons. The average molecular weight is 328 g/mol. The topological polar surface area (TPSA) is 67.2 Å². The van der Waals surface area contributed by atoms with E-state index in [0.29, 0.717) is 6.42 Å². The van der Waals surface area contributed by atoms with Crippen molar-refractivity contribution in [3.05, 3.63) is 21.6 Å². The van der Waals surface area contributed by atoms with Gasteiger partial charge >= 0.3 is 6.18 Å². The Morgan fingerprint density at radius 2 is 2.10 bits per heavy atom. The molecule has 0 aliphatic heterocycles. The second-order valence-corrected chi connectivity index (χ2v) is 5.49. The lowest BCUT2D eigenvalue weighted by Gasteiger charge is -2.15. The predicted molar refractivity (Wildman–Crippen MR) is 73.5 cm³/mol. The van der Waals surface area contributed by atoms with E-state index in [4.69, 9.17) is 11.6 Å². The summed E-state index contributed by atoms with van der Waals surface area (Å²) in [6.45, 7) is 2.51. The number of aliphatic hydroxyl groups excluding tert-OH is 1. The molecule has 1 unspecified atom stereocenters.